The second-order valence-electron chi connectivity index (χ2n) is 7.28. The van der Waals surface area contributed by atoms with Crippen LogP contribution in [0, 0.1) is 20.8 Å². The summed E-state index contributed by atoms with van der Waals surface area (Å²) in [4.78, 5) is 26.0. The molecule has 0 aliphatic carbocycles. The maximum absolute atomic E-state index is 12.3. The molecule has 3 rings (SSSR count). The van der Waals surface area contributed by atoms with Crippen LogP contribution in [-0.2, 0) is 27.3 Å². The molecule has 0 radical (unpaired) electrons. The number of esters is 1. The van der Waals surface area contributed by atoms with Gasteiger partial charge in [-0.05, 0) is 43.5 Å². The molecule has 5 heteroatoms. The number of rotatable bonds is 6. The van der Waals surface area contributed by atoms with Crippen molar-refractivity contribution in [1.82, 2.24) is 4.90 Å². The molecule has 0 saturated heterocycles. The summed E-state index contributed by atoms with van der Waals surface area (Å²) >= 11 is 0. The minimum atomic E-state index is -0.448. The van der Waals surface area contributed by atoms with Gasteiger partial charge < -0.3 is 14.1 Å². The van der Waals surface area contributed by atoms with Crippen LogP contribution in [0.4, 0.5) is 0 Å². The number of furan rings is 1. The van der Waals surface area contributed by atoms with Gasteiger partial charge in [0.2, 0.25) is 0 Å². The Bertz CT molecular complexity index is 1020. The number of carbonyl (C=O) groups excluding carboxylic acids is 2. The second-order valence-corrected chi connectivity index (χ2v) is 7.28. The van der Waals surface area contributed by atoms with Gasteiger partial charge in [-0.25, -0.2) is 0 Å². The molecule has 146 valence electrons. The number of likely N-dealkylation sites (N-methyl/N-ethyl adjacent to an activating group) is 1. The first-order valence-corrected chi connectivity index (χ1v) is 9.26. The number of nitrogens with zero attached hydrogens (tertiary/aromatic N) is 1. The summed E-state index contributed by atoms with van der Waals surface area (Å²) in [6.45, 7) is 6.26. The van der Waals surface area contributed by atoms with Crippen LogP contribution in [0.5, 0.6) is 0 Å². The summed E-state index contributed by atoms with van der Waals surface area (Å²) in [5, 5.41) is 0.890. The van der Waals surface area contributed by atoms with Gasteiger partial charge >= 0.3 is 5.97 Å². The number of carbonyl (C=O) groups is 2. The van der Waals surface area contributed by atoms with E-state index < -0.39 is 5.97 Å². The number of hydrogen-bond donors (Lipinski definition) is 0. The van der Waals surface area contributed by atoms with Crippen molar-refractivity contribution < 1.29 is 18.7 Å². The third-order valence-corrected chi connectivity index (χ3v) is 4.83. The second kappa shape index (κ2) is 8.30. The van der Waals surface area contributed by atoms with Gasteiger partial charge in [-0.1, -0.05) is 35.9 Å². The van der Waals surface area contributed by atoms with Gasteiger partial charge in [-0.15, -0.1) is 0 Å². The Morgan fingerprint density at radius 2 is 1.71 bits per heavy atom. The predicted molar refractivity (Wildman–Crippen MR) is 108 cm³/mol. The van der Waals surface area contributed by atoms with Crippen molar-refractivity contribution in [3.8, 4) is 0 Å². The molecule has 0 N–H and O–H groups in total. The lowest BCUT2D eigenvalue weighted by Crippen LogP contribution is -2.31. The van der Waals surface area contributed by atoms with Crippen LogP contribution in [0.15, 0.2) is 47.1 Å². The van der Waals surface area contributed by atoms with E-state index in [1.807, 2.05) is 51.1 Å². The minimum absolute atomic E-state index is 0.0735. The van der Waals surface area contributed by atoms with E-state index in [1.165, 1.54) is 5.56 Å². The number of amides is 1. The molecule has 28 heavy (non-hydrogen) atoms. The molecule has 0 fully saturated rings. The summed E-state index contributed by atoms with van der Waals surface area (Å²) < 4.78 is 10.7. The van der Waals surface area contributed by atoms with E-state index in [0.717, 1.165) is 33.2 Å². The third-order valence-electron chi connectivity index (χ3n) is 4.83. The molecule has 0 aliphatic rings. The van der Waals surface area contributed by atoms with Crippen molar-refractivity contribution in [2.75, 3.05) is 13.7 Å². The Labute approximate surface area is 164 Å². The molecule has 0 unspecified atom stereocenters. The SMILES string of the molecule is Cc1ccc(CN(C)C(=O)COC(=O)Cc2coc3cc(C)ccc23)c(C)c1. The van der Waals surface area contributed by atoms with Gasteiger partial charge in [0, 0.05) is 24.5 Å². The van der Waals surface area contributed by atoms with E-state index in [4.69, 9.17) is 9.15 Å². The predicted octanol–water partition coefficient (Wildman–Crippen LogP) is 4.10. The van der Waals surface area contributed by atoms with Gasteiger partial charge in [-0.2, -0.15) is 0 Å². The molecule has 0 spiro atoms. The fourth-order valence-corrected chi connectivity index (χ4v) is 3.15. The molecule has 1 aromatic heterocycles. The molecular formula is C23H25NO4. The Balaban J connectivity index is 1.53. The smallest absolute Gasteiger partial charge is 0.310 e. The third kappa shape index (κ3) is 4.60. The van der Waals surface area contributed by atoms with E-state index in [0.29, 0.717) is 6.54 Å². The molecular weight excluding hydrogens is 354 g/mol. The van der Waals surface area contributed by atoms with E-state index in [-0.39, 0.29) is 18.9 Å². The van der Waals surface area contributed by atoms with Crippen molar-refractivity contribution in [1.29, 1.82) is 0 Å². The normalized spacial score (nSPS) is 10.9. The first-order chi connectivity index (χ1) is 13.3. The summed E-state index contributed by atoms with van der Waals surface area (Å²) in [5.74, 6) is -0.683. The van der Waals surface area contributed by atoms with E-state index in [9.17, 15) is 9.59 Å². The van der Waals surface area contributed by atoms with Gasteiger partial charge in [0.1, 0.15) is 5.58 Å². The monoisotopic (exact) mass is 379 g/mol. The highest BCUT2D eigenvalue weighted by molar-refractivity contribution is 5.87. The zero-order valence-corrected chi connectivity index (χ0v) is 16.7. The van der Waals surface area contributed by atoms with Crippen LogP contribution >= 0.6 is 0 Å². The van der Waals surface area contributed by atoms with Crippen LogP contribution < -0.4 is 0 Å². The molecule has 0 saturated carbocycles. The van der Waals surface area contributed by atoms with Crippen molar-refractivity contribution in [3.05, 3.63) is 70.5 Å². The van der Waals surface area contributed by atoms with Crippen LogP contribution in [0.3, 0.4) is 0 Å². The standard InChI is InChI=1S/C23H25NO4/c1-15-5-7-18(17(3)9-15)12-24(4)22(25)14-28-23(26)11-19-13-27-21-10-16(2)6-8-20(19)21/h5-10,13H,11-12,14H2,1-4H3. The highest BCUT2D eigenvalue weighted by atomic mass is 16.5. The summed E-state index contributed by atoms with van der Waals surface area (Å²) in [5.41, 5.74) is 5.99. The van der Waals surface area contributed by atoms with Gasteiger partial charge in [0.05, 0.1) is 12.7 Å². The molecule has 3 aromatic rings. The zero-order valence-electron chi connectivity index (χ0n) is 16.7. The summed E-state index contributed by atoms with van der Waals surface area (Å²) in [6.07, 6.45) is 1.64. The van der Waals surface area contributed by atoms with E-state index in [2.05, 4.69) is 6.07 Å². The highest BCUT2D eigenvalue weighted by Crippen LogP contribution is 2.23. The Morgan fingerprint density at radius 1 is 1.00 bits per heavy atom. The Morgan fingerprint density at radius 3 is 2.46 bits per heavy atom. The summed E-state index contributed by atoms with van der Waals surface area (Å²) in [6, 6.07) is 12.0. The number of ether oxygens (including phenoxy) is 1. The molecule has 0 bridgehead atoms. The van der Waals surface area contributed by atoms with Crippen molar-refractivity contribution >= 4 is 22.8 Å². The van der Waals surface area contributed by atoms with Crippen LogP contribution in [-0.4, -0.2) is 30.4 Å². The average molecular weight is 379 g/mol. The Kier molecular flexibility index (Phi) is 5.83. The molecule has 0 aliphatic heterocycles. The van der Waals surface area contributed by atoms with Crippen molar-refractivity contribution in [2.45, 2.75) is 33.7 Å². The van der Waals surface area contributed by atoms with Crippen molar-refractivity contribution in [3.63, 3.8) is 0 Å². The van der Waals surface area contributed by atoms with Gasteiger partial charge in [0.25, 0.3) is 5.91 Å². The fraction of sp³-hybridized carbons (Fsp3) is 0.304. The lowest BCUT2D eigenvalue weighted by Gasteiger charge is -2.18. The van der Waals surface area contributed by atoms with Gasteiger partial charge in [0.15, 0.2) is 6.61 Å². The zero-order chi connectivity index (χ0) is 20.3. The maximum Gasteiger partial charge on any atom is 0.310 e. The molecule has 5 nitrogen and oxygen atoms in total. The van der Waals surface area contributed by atoms with E-state index in [1.54, 1.807) is 18.2 Å². The maximum atomic E-state index is 12.3. The lowest BCUT2D eigenvalue weighted by atomic mass is 10.1. The lowest BCUT2D eigenvalue weighted by molar-refractivity contribution is -0.151. The molecule has 2 aromatic carbocycles. The topological polar surface area (TPSA) is 59.8 Å². The summed E-state index contributed by atoms with van der Waals surface area (Å²) in [7, 11) is 1.71. The number of aryl methyl sites for hydroxylation is 3. The van der Waals surface area contributed by atoms with Crippen LogP contribution in [0.2, 0.25) is 0 Å². The quantitative estimate of drug-likeness (QED) is 0.605. The first kappa shape index (κ1) is 19.7. The largest absolute Gasteiger partial charge is 0.464 e. The molecule has 1 amide bonds. The number of fused-ring (bicyclic) bond motifs is 1. The molecule has 0 atom stereocenters. The average Bonchev–Trinajstić information content (AvgIpc) is 3.03. The first-order valence-electron chi connectivity index (χ1n) is 9.26. The number of hydrogen-bond acceptors (Lipinski definition) is 4. The van der Waals surface area contributed by atoms with E-state index >= 15 is 0 Å². The van der Waals surface area contributed by atoms with Crippen LogP contribution in [0.25, 0.3) is 11.0 Å². The van der Waals surface area contributed by atoms with Crippen LogP contribution in [0.1, 0.15) is 27.8 Å². The minimum Gasteiger partial charge on any atom is -0.464 e. The molecule has 1 heterocycles. The fourth-order valence-electron chi connectivity index (χ4n) is 3.15. The Hall–Kier alpha value is -3.08. The number of benzene rings is 2. The van der Waals surface area contributed by atoms with Gasteiger partial charge in [-0.3, -0.25) is 9.59 Å². The highest BCUT2D eigenvalue weighted by Gasteiger charge is 2.16. The van der Waals surface area contributed by atoms with Crippen molar-refractivity contribution in [2.24, 2.45) is 0 Å².